The van der Waals surface area contributed by atoms with Crippen LogP contribution in [0.5, 0.6) is 0 Å². The molecule has 2 nitrogen and oxygen atoms in total. The number of hydrogen-bond donors (Lipinski definition) is 0. The summed E-state index contributed by atoms with van der Waals surface area (Å²) in [5.74, 6) is -0.349. The second-order valence-corrected chi connectivity index (χ2v) is 5.92. The lowest BCUT2D eigenvalue weighted by molar-refractivity contribution is -0.138. The van der Waals surface area contributed by atoms with Crippen LogP contribution < -0.4 is 0 Å². The van der Waals surface area contributed by atoms with E-state index >= 15 is 0 Å². The minimum atomic E-state index is -1.01. The molecule has 21 heavy (non-hydrogen) atoms. The molecule has 2 aromatic rings. The topological polar surface area (TPSA) is 34.1 Å². The van der Waals surface area contributed by atoms with E-state index in [1.807, 2.05) is 36.4 Å². The van der Waals surface area contributed by atoms with Crippen LogP contribution in [0.2, 0.25) is 0 Å². The first-order valence-corrected chi connectivity index (χ1v) is 7.18. The van der Waals surface area contributed by atoms with Crippen LogP contribution in [0.3, 0.4) is 0 Å². The number of hydrogen-bond acceptors (Lipinski definition) is 2. The molecule has 0 atom stereocenters. The Morgan fingerprint density at radius 2 is 1.19 bits per heavy atom. The Labute approximate surface area is 124 Å². The quantitative estimate of drug-likeness (QED) is 0.796. The van der Waals surface area contributed by atoms with E-state index in [0.29, 0.717) is 0 Å². The highest BCUT2D eigenvalue weighted by Crippen LogP contribution is 2.53. The van der Waals surface area contributed by atoms with Gasteiger partial charge in [0.05, 0.1) is 5.41 Å². The van der Waals surface area contributed by atoms with Gasteiger partial charge in [-0.15, -0.1) is 0 Å². The molecule has 1 aliphatic carbocycles. The van der Waals surface area contributed by atoms with E-state index in [9.17, 15) is 9.59 Å². The molecule has 0 saturated carbocycles. The zero-order valence-corrected chi connectivity index (χ0v) is 12.5. The Kier molecular flexibility index (Phi) is 3.05. The number of benzene rings is 2. The molecule has 0 spiro atoms. The van der Waals surface area contributed by atoms with Gasteiger partial charge in [-0.05, 0) is 43.0 Å². The minimum Gasteiger partial charge on any atom is -0.299 e. The summed E-state index contributed by atoms with van der Waals surface area (Å²) in [6.07, 6.45) is 0. The van der Waals surface area contributed by atoms with Crippen LogP contribution in [0, 0.1) is 5.41 Å². The van der Waals surface area contributed by atoms with Gasteiger partial charge in [-0.25, -0.2) is 0 Å². The van der Waals surface area contributed by atoms with Gasteiger partial charge in [0.1, 0.15) is 11.6 Å². The Morgan fingerprint density at radius 3 is 1.57 bits per heavy atom. The fourth-order valence-corrected chi connectivity index (χ4v) is 3.43. The third kappa shape index (κ3) is 1.79. The molecule has 0 radical (unpaired) electrons. The molecule has 106 valence electrons. The number of fused-ring (bicyclic) bond motifs is 3. The summed E-state index contributed by atoms with van der Waals surface area (Å²) < 4.78 is 0. The number of ketones is 2. The van der Waals surface area contributed by atoms with Gasteiger partial charge in [0.25, 0.3) is 0 Å². The molecule has 2 aromatic carbocycles. The van der Waals surface area contributed by atoms with Crippen molar-refractivity contribution in [1.29, 1.82) is 0 Å². The summed E-state index contributed by atoms with van der Waals surface area (Å²) in [6, 6.07) is 16.1. The molecule has 0 heterocycles. The zero-order valence-electron chi connectivity index (χ0n) is 12.5. The molecule has 0 amide bonds. The van der Waals surface area contributed by atoms with Crippen molar-refractivity contribution in [2.45, 2.75) is 26.7 Å². The maximum atomic E-state index is 12.3. The van der Waals surface area contributed by atoms with Crippen molar-refractivity contribution in [2.75, 3.05) is 0 Å². The van der Waals surface area contributed by atoms with Gasteiger partial charge in [0.15, 0.2) is 0 Å². The lowest BCUT2D eigenvalue weighted by Gasteiger charge is -2.32. The predicted molar refractivity (Wildman–Crippen MR) is 83.2 cm³/mol. The number of Topliss-reactive ketones (excluding diaryl/α,β-unsaturated/α-hetero) is 2. The monoisotopic (exact) mass is 278 g/mol. The molecule has 0 aliphatic heterocycles. The molecular weight excluding hydrogens is 260 g/mol. The largest absolute Gasteiger partial charge is 0.299 e. The van der Waals surface area contributed by atoms with Crippen molar-refractivity contribution in [3.05, 3.63) is 59.7 Å². The highest BCUT2D eigenvalue weighted by molar-refractivity contribution is 6.07. The van der Waals surface area contributed by atoms with Crippen LogP contribution >= 0.6 is 0 Å². The van der Waals surface area contributed by atoms with Gasteiger partial charge < -0.3 is 0 Å². The van der Waals surface area contributed by atoms with Gasteiger partial charge in [-0.1, -0.05) is 48.5 Å². The maximum absolute atomic E-state index is 12.3. The second kappa shape index (κ2) is 4.66. The molecule has 0 fully saturated rings. The summed E-state index contributed by atoms with van der Waals surface area (Å²) in [7, 11) is 0. The molecule has 0 aromatic heterocycles. The molecule has 0 unspecified atom stereocenters. The van der Waals surface area contributed by atoms with E-state index in [0.717, 1.165) is 22.3 Å². The Balaban J connectivity index is 2.33. The van der Waals surface area contributed by atoms with Crippen LogP contribution in [0.15, 0.2) is 48.5 Å². The van der Waals surface area contributed by atoms with Crippen molar-refractivity contribution in [3.63, 3.8) is 0 Å². The van der Waals surface area contributed by atoms with Crippen molar-refractivity contribution in [1.82, 2.24) is 0 Å². The SMILES string of the molecule is CC(=O)C(C)(C(C)=O)C1c2ccccc2-c2ccccc21. The molecule has 0 N–H and O–H groups in total. The maximum Gasteiger partial charge on any atom is 0.144 e. The van der Waals surface area contributed by atoms with E-state index in [4.69, 9.17) is 0 Å². The molecule has 3 rings (SSSR count). The number of carbonyl (C=O) groups excluding carboxylic acids is 2. The second-order valence-electron chi connectivity index (χ2n) is 5.92. The van der Waals surface area contributed by atoms with Gasteiger partial charge in [-0.3, -0.25) is 9.59 Å². The standard InChI is InChI=1S/C19H18O2/c1-12(20)19(3,13(2)21)18-16-10-6-4-8-14(16)15-9-5-7-11-17(15)18/h4-11,18H,1-3H3. The smallest absolute Gasteiger partial charge is 0.144 e. The van der Waals surface area contributed by atoms with Crippen molar-refractivity contribution in [3.8, 4) is 11.1 Å². The Bertz CT molecular complexity index is 683. The Morgan fingerprint density at radius 1 is 0.810 bits per heavy atom. The highest BCUT2D eigenvalue weighted by atomic mass is 16.2. The van der Waals surface area contributed by atoms with E-state index in [1.165, 1.54) is 13.8 Å². The van der Waals surface area contributed by atoms with Crippen LogP contribution in [0.1, 0.15) is 37.8 Å². The molecule has 0 saturated heterocycles. The van der Waals surface area contributed by atoms with Crippen LogP contribution in [-0.4, -0.2) is 11.6 Å². The van der Waals surface area contributed by atoms with E-state index < -0.39 is 5.41 Å². The number of carbonyl (C=O) groups is 2. The summed E-state index contributed by atoms with van der Waals surface area (Å²) in [5, 5.41) is 0. The highest BCUT2D eigenvalue weighted by Gasteiger charge is 2.48. The van der Waals surface area contributed by atoms with Crippen LogP contribution in [0.25, 0.3) is 11.1 Å². The van der Waals surface area contributed by atoms with Crippen molar-refractivity contribution < 1.29 is 9.59 Å². The summed E-state index contributed by atoms with van der Waals surface area (Å²) >= 11 is 0. The van der Waals surface area contributed by atoms with E-state index in [-0.39, 0.29) is 17.5 Å². The average molecular weight is 278 g/mol. The first kappa shape index (κ1) is 13.7. The summed E-state index contributed by atoms with van der Waals surface area (Å²) in [4.78, 5) is 24.6. The van der Waals surface area contributed by atoms with Gasteiger partial charge in [0.2, 0.25) is 0 Å². The van der Waals surface area contributed by atoms with E-state index in [1.54, 1.807) is 6.92 Å². The minimum absolute atomic E-state index is 0.0773. The van der Waals surface area contributed by atoms with Crippen molar-refractivity contribution in [2.24, 2.45) is 5.41 Å². The Hall–Kier alpha value is -2.22. The first-order chi connectivity index (χ1) is 9.98. The lowest BCUT2D eigenvalue weighted by Crippen LogP contribution is -2.39. The molecule has 0 bridgehead atoms. The summed E-state index contributed by atoms with van der Waals surface area (Å²) in [6.45, 7) is 4.82. The van der Waals surface area contributed by atoms with Crippen LogP contribution in [-0.2, 0) is 9.59 Å². The van der Waals surface area contributed by atoms with E-state index in [2.05, 4.69) is 12.1 Å². The molecule has 1 aliphatic rings. The zero-order chi connectivity index (χ0) is 15.2. The third-order valence-corrected chi connectivity index (χ3v) is 4.87. The van der Waals surface area contributed by atoms with Gasteiger partial charge in [-0.2, -0.15) is 0 Å². The van der Waals surface area contributed by atoms with Gasteiger partial charge in [0, 0.05) is 5.92 Å². The fourth-order valence-electron chi connectivity index (χ4n) is 3.43. The first-order valence-electron chi connectivity index (χ1n) is 7.18. The van der Waals surface area contributed by atoms with Crippen molar-refractivity contribution >= 4 is 11.6 Å². The normalized spacial score (nSPS) is 13.7. The van der Waals surface area contributed by atoms with Crippen LogP contribution in [0.4, 0.5) is 0 Å². The molecular formula is C19H18O2. The average Bonchev–Trinajstić information content (AvgIpc) is 2.81. The lowest BCUT2D eigenvalue weighted by atomic mass is 9.67. The molecule has 2 heteroatoms. The third-order valence-electron chi connectivity index (χ3n) is 4.87. The summed E-state index contributed by atoms with van der Waals surface area (Å²) in [5.41, 5.74) is 3.40. The predicted octanol–water partition coefficient (Wildman–Crippen LogP) is 3.98. The number of rotatable bonds is 3. The fraction of sp³-hybridized carbons (Fsp3) is 0.263. The van der Waals surface area contributed by atoms with Gasteiger partial charge >= 0.3 is 0 Å².